The highest BCUT2D eigenvalue weighted by Gasteiger charge is 2.18. The summed E-state index contributed by atoms with van der Waals surface area (Å²) in [6.07, 6.45) is 1.00. The molecule has 1 aliphatic rings. The Morgan fingerprint density at radius 1 is 1.21 bits per heavy atom. The number of hydrogen-bond donors (Lipinski definition) is 1. The molecular formula is C15H11Cl2N3O3S. The lowest BCUT2D eigenvalue weighted by atomic mass is 10.1. The number of nitrogens with zero attached hydrogens (tertiary/aromatic N) is 3. The van der Waals surface area contributed by atoms with Crippen molar-refractivity contribution in [2.24, 2.45) is 0 Å². The van der Waals surface area contributed by atoms with Crippen molar-refractivity contribution in [3.8, 4) is 11.5 Å². The van der Waals surface area contributed by atoms with Crippen molar-refractivity contribution >= 4 is 40.6 Å². The van der Waals surface area contributed by atoms with Crippen LogP contribution >= 0.6 is 35.0 Å². The highest BCUT2D eigenvalue weighted by atomic mass is 35.5. The van der Waals surface area contributed by atoms with E-state index in [2.05, 4.69) is 10.2 Å². The molecule has 3 heterocycles. The van der Waals surface area contributed by atoms with E-state index in [1.54, 1.807) is 28.8 Å². The highest BCUT2D eigenvalue weighted by Crippen LogP contribution is 2.35. The van der Waals surface area contributed by atoms with Crippen molar-refractivity contribution in [3.63, 3.8) is 0 Å². The Labute approximate surface area is 151 Å². The molecular weight excluding hydrogens is 373 g/mol. The van der Waals surface area contributed by atoms with Gasteiger partial charge < -0.3 is 14.6 Å². The first-order valence-electron chi connectivity index (χ1n) is 7.02. The molecule has 0 saturated heterocycles. The minimum absolute atomic E-state index is 0.205. The Morgan fingerprint density at radius 3 is 2.92 bits per heavy atom. The molecule has 24 heavy (non-hydrogen) atoms. The van der Waals surface area contributed by atoms with E-state index in [1.807, 2.05) is 6.07 Å². The van der Waals surface area contributed by atoms with Crippen LogP contribution in [0.3, 0.4) is 0 Å². The van der Waals surface area contributed by atoms with E-state index in [-0.39, 0.29) is 6.79 Å². The van der Waals surface area contributed by atoms with Gasteiger partial charge in [-0.05, 0) is 23.8 Å². The third-order valence-corrected chi connectivity index (χ3v) is 5.05. The van der Waals surface area contributed by atoms with E-state index >= 15 is 0 Å². The van der Waals surface area contributed by atoms with Gasteiger partial charge >= 0.3 is 0 Å². The molecule has 0 bridgehead atoms. The molecule has 0 radical (unpaired) electrons. The zero-order chi connectivity index (χ0) is 16.7. The molecule has 0 spiro atoms. The molecule has 9 heteroatoms. The second-order valence-corrected chi connectivity index (χ2v) is 6.95. The van der Waals surface area contributed by atoms with Gasteiger partial charge in [-0.3, -0.25) is 4.40 Å². The van der Waals surface area contributed by atoms with Gasteiger partial charge in [0.05, 0.1) is 16.1 Å². The molecule has 2 aromatic heterocycles. The number of halogens is 2. The molecule has 6 nitrogen and oxygen atoms in total. The van der Waals surface area contributed by atoms with Crippen LogP contribution in [0, 0.1) is 0 Å². The molecule has 1 N–H and O–H groups in total. The second kappa shape index (κ2) is 6.33. The van der Waals surface area contributed by atoms with Gasteiger partial charge in [-0.2, -0.15) is 0 Å². The maximum absolute atomic E-state index is 10.4. The molecule has 3 aromatic rings. The van der Waals surface area contributed by atoms with Crippen LogP contribution in [0.1, 0.15) is 11.7 Å². The zero-order valence-electron chi connectivity index (χ0n) is 12.1. The Balaban J connectivity index is 1.52. The van der Waals surface area contributed by atoms with E-state index < -0.39 is 6.10 Å². The van der Waals surface area contributed by atoms with Crippen LogP contribution in [0.5, 0.6) is 11.5 Å². The Hall–Kier alpha value is -1.67. The number of fused-ring (bicyclic) bond motifs is 2. The molecule has 4 rings (SSSR count). The van der Waals surface area contributed by atoms with E-state index in [4.69, 9.17) is 32.7 Å². The number of pyridine rings is 1. The van der Waals surface area contributed by atoms with Crippen molar-refractivity contribution in [1.29, 1.82) is 0 Å². The summed E-state index contributed by atoms with van der Waals surface area (Å²) in [6.45, 7) is 0.205. The summed E-state index contributed by atoms with van der Waals surface area (Å²) in [4.78, 5) is 0. The van der Waals surface area contributed by atoms with Crippen LogP contribution in [0.25, 0.3) is 5.65 Å². The first kappa shape index (κ1) is 15.8. The largest absolute Gasteiger partial charge is 0.454 e. The quantitative estimate of drug-likeness (QED) is 0.694. The normalized spacial score (nSPS) is 14.3. The van der Waals surface area contributed by atoms with Gasteiger partial charge in [0, 0.05) is 11.9 Å². The Morgan fingerprint density at radius 2 is 2.04 bits per heavy atom. The number of aromatic nitrogens is 3. The predicted octanol–water partition coefficient (Wildman–Crippen LogP) is 3.59. The lowest BCUT2D eigenvalue weighted by molar-refractivity contribution is 0.173. The summed E-state index contributed by atoms with van der Waals surface area (Å²) in [7, 11) is 0. The SMILES string of the molecule is O[C@H](CSc1nnc2c(Cl)cc(Cl)cn12)c1ccc2c(c1)OCO2. The van der Waals surface area contributed by atoms with E-state index in [1.165, 1.54) is 11.8 Å². The molecule has 0 aliphatic carbocycles. The monoisotopic (exact) mass is 383 g/mol. The van der Waals surface area contributed by atoms with Gasteiger partial charge in [0.25, 0.3) is 0 Å². The van der Waals surface area contributed by atoms with Gasteiger partial charge in [-0.15, -0.1) is 10.2 Å². The number of rotatable bonds is 4. The Bertz CT molecular complexity index is 918. The summed E-state index contributed by atoms with van der Waals surface area (Å²) in [6, 6.07) is 7.00. The Kier molecular flexibility index (Phi) is 4.17. The maximum atomic E-state index is 10.4. The number of aliphatic hydroxyl groups is 1. The molecule has 124 valence electrons. The summed E-state index contributed by atoms with van der Waals surface area (Å²) in [5, 5.41) is 20.1. The van der Waals surface area contributed by atoms with E-state index in [0.717, 1.165) is 5.56 Å². The summed E-state index contributed by atoms with van der Waals surface area (Å²) < 4.78 is 12.3. The number of thioether (sulfide) groups is 1. The topological polar surface area (TPSA) is 68.9 Å². The fourth-order valence-electron chi connectivity index (χ4n) is 2.37. The predicted molar refractivity (Wildman–Crippen MR) is 91.3 cm³/mol. The number of benzene rings is 1. The van der Waals surface area contributed by atoms with E-state index in [9.17, 15) is 5.11 Å². The van der Waals surface area contributed by atoms with Crippen LogP contribution in [0.2, 0.25) is 10.0 Å². The van der Waals surface area contributed by atoms with Crippen LogP contribution in [-0.4, -0.2) is 32.3 Å². The molecule has 1 aromatic carbocycles. The molecule has 0 fully saturated rings. The van der Waals surface area contributed by atoms with Crippen LogP contribution in [-0.2, 0) is 0 Å². The standard InChI is InChI=1S/C15H11Cl2N3O3S/c16-9-4-10(17)14-18-19-15(20(14)5-9)24-6-11(21)8-1-2-12-13(3-8)23-7-22-12/h1-5,11,21H,6-7H2/t11-/m1/s1. The van der Waals surface area contributed by atoms with E-state index in [0.29, 0.717) is 38.1 Å². The number of hydrogen-bond acceptors (Lipinski definition) is 6. The van der Waals surface area contributed by atoms with Crippen LogP contribution in [0.4, 0.5) is 0 Å². The lowest BCUT2D eigenvalue weighted by Crippen LogP contribution is -2.01. The van der Waals surface area contributed by atoms with Crippen molar-refractivity contribution < 1.29 is 14.6 Å². The first-order chi connectivity index (χ1) is 11.6. The van der Waals surface area contributed by atoms with Gasteiger partial charge in [0.15, 0.2) is 22.3 Å². The third-order valence-electron chi connectivity index (χ3n) is 3.55. The lowest BCUT2D eigenvalue weighted by Gasteiger charge is -2.10. The third kappa shape index (κ3) is 2.88. The average molecular weight is 384 g/mol. The highest BCUT2D eigenvalue weighted by molar-refractivity contribution is 7.99. The average Bonchev–Trinajstić information content (AvgIpc) is 3.18. The molecule has 0 unspecified atom stereocenters. The maximum Gasteiger partial charge on any atom is 0.231 e. The minimum Gasteiger partial charge on any atom is -0.454 e. The van der Waals surface area contributed by atoms with Gasteiger partial charge in [0.2, 0.25) is 6.79 Å². The van der Waals surface area contributed by atoms with Crippen molar-refractivity contribution in [2.45, 2.75) is 11.3 Å². The smallest absolute Gasteiger partial charge is 0.231 e. The second-order valence-electron chi connectivity index (χ2n) is 5.12. The molecule has 1 atom stereocenters. The van der Waals surface area contributed by atoms with Gasteiger partial charge in [-0.25, -0.2) is 0 Å². The fourth-order valence-corrected chi connectivity index (χ4v) is 3.76. The summed E-state index contributed by atoms with van der Waals surface area (Å²) >= 11 is 13.5. The number of ether oxygens (including phenoxy) is 2. The van der Waals surface area contributed by atoms with Gasteiger partial charge in [0.1, 0.15) is 0 Å². The molecule has 0 saturated carbocycles. The molecule has 0 amide bonds. The van der Waals surface area contributed by atoms with Crippen molar-refractivity contribution in [3.05, 3.63) is 46.1 Å². The van der Waals surface area contributed by atoms with Crippen molar-refractivity contribution in [2.75, 3.05) is 12.5 Å². The fraction of sp³-hybridized carbons (Fsp3) is 0.200. The number of aliphatic hydroxyl groups excluding tert-OH is 1. The first-order valence-corrected chi connectivity index (χ1v) is 8.76. The van der Waals surface area contributed by atoms with Crippen LogP contribution < -0.4 is 9.47 Å². The summed E-state index contributed by atoms with van der Waals surface area (Å²) in [5.41, 5.74) is 1.28. The van der Waals surface area contributed by atoms with Crippen molar-refractivity contribution in [1.82, 2.24) is 14.6 Å². The minimum atomic E-state index is -0.688. The van der Waals surface area contributed by atoms with Crippen LogP contribution in [0.15, 0.2) is 35.6 Å². The summed E-state index contributed by atoms with van der Waals surface area (Å²) in [5.74, 6) is 1.72. The molecule has 1 aliphatic heterocycles. The van der Waals surface area contributed by atoms with Gasteiger partial charge in [-0.1, -0.05) is 41.0 Å². The zero-order valence-corrected chi connectivity index (χ0v) is 14.5.